The van der Waals surface area contributed by atoms with E-state index in [0.717, 1.165) is 69.3 Å². The van der Waals surface area contributed by atoms with Gasteiger partial charge in [-0.3, -0.25) is 19.6 Å². The zero-order chi connectivity index (χ0) is 40.4. The summed E-state index contributed by atoms with van der Waals surface area (Å²) in [7, 11) is 0. The highest BCUT2D eigenvalue weighted by Gasteiger charge is 2.68. The van der Waals surface area contributed by atoms with Gasteiger partial charge in [-0.15, -0.1) is 0 Å². The molecule has 1 spiro atoms. The lowest BCUT2D eigenvalue weighted by atomic mass is 9.76. The highest BCUT2D eigenvalue weighted by Crippen LogP contribution is 2.62. The molecule has 0 radical (unpaired) electrons. The van der Waals surface area contributed by atoms with Crippen molar-refractivity contribution in [2.75, 3.05) is 85.1 Å². The first-order valence-corrected chi connectivity index (χ1v) is 24.2. The second-order valence-electron chi connectivity index (χ2n) is 23.6. The van der Waals surface area contributed by atoms with Crippen molar-refractivity contribution in [3.8, 4) is 0 Å². The number of morpholine rings is 1. The smallest absolute Gasteiger partial charge is 0.106 e. The van der Waals surface area contributed by atoms with Gasteiger partial charge >= 0.3 is 0 Å². The fourth-order valence-corrected chi connectivity index (χ4v) is 13.2. The molecule has 9 heteroatoms. The van der Waals surface area contributed by atoms with Crippen LogP contribution in [0.15, 0.2) is 0 Å². The van der Waals surface area contributed by atoms with Gasteiger partial charge in [-0.1, -0.05) is 6.92 Å². The molecule has 328 valence electrons. The van der Waals surface area contributed by atoms with Crippen LogP contribution in [0.3, 0.4) is 0 Å². The molecule has 3 aliphatic carbocycles. The number of nitrogens with zero attached hydrogens (tertiary/aromatic N) is 5. The highest BCUT2D eigenvalue weighted by atomic mass is 16.5. The molecule has 57 heavy (non-hydrogen) atoms. The molecule has 8 aliphatic rings. The maximum Gasteiger partial charge on any atom is 0.106 e. The largest absolute Gasteiger partial charge is 0.375 e. The standard InChI is InChI=1S/C48H87N5O4/c1-11-49-18-12-36(13-19-49)43(51-33-47(34-51)32-50(24-25-54-47)31-35-26-40(27-35)56-45(5,6)7)42-30-48(42,37-14-20-52(21-15-37)44(2,3)4)53-22-16-38(17-23-53)55-39-28-41(29-39)57-46(8,9)10/h35-43H,11-34H2,1-10H3. The van der Waals surface area contributed by atoms with E-state index < -0.39 is 0 Å². The Labute approximate surface area is 349 Å². The molecular formula is C48H87N5O4. The second kappa shape index (κ2) is 16.7. The second-order valence-corrected chi connectivity index (χ2v) is 23.6. The van der Waals surface area contributed by atoms with Crippen molar-refractivity contribution in [1.29, 1.82) is 0 Å². The zero-order valence-corrected chi connectivity index (χ0v) is 38.5. The van der Waals surface area contributed by atoms with E-state index in [1.165, 1.54) is 110 Å². The molecule has 8 rings (SSSR count). The lowest BCUT2D eigenvalue weighted by Crippen LogP contribution is -2.73. The van der Waals surface area contributed by atoms with Gasteiger partial charge in [0, 0.05) is 62.9 Å². The van der Waals surface area contributed by atoms with Gasteiger partial charge in [-0.2, -0.15) is 0 Å². The van der Waals surface area contributed by atoms with Gasteiger partial charge in [-0.05, 0) is 189 Å². The SMILES string of the molecule is CCN1CCC(C(C2CC2(C2CCN(C(C)(C)C)CC2)N2CCC(OC3CC(OC(C)(C)C)C3)CC2)N2CC3(CN(CC4CC(OC(C)(C)C)C4)CCO3)C2)CC1. The van der Waals surface area contributed by atoms with Gasteiger partial charge in [0.2, 0.25) is 0 Å². The Morgan fingerprint density at radius 1 is 0.649 bits per heavy atom. The van der Waals surface area contributed by atoms with E-state index in [1.807, 2.05) is 0 Å². The zero-order valence-electron chi connectivity index (χ0n) is 38.5. The molecule has 0 aromatic heterocycles. The van der Waals surface area contributed by atoms with Crippen LogP contribution in [-0.4, -0.2) is 168 Å². The maximum absolute atomic E-state index is 6.82. The first-order valence-electron chi connectivity index (χ1n) is 24.2. The highest BCUT2D eigenvalue weighted by molar-refractivity contribution is 5.22. The number of ether oxygens (including phenoxy) is 4. The summed E-state index contributed by atoms with van der Waals surface area (Å²) in [6, 6.07) is 0.680. The third kappa shape index (κ3) is 9.98. The summed E-state index contributed by atoms with van der Waals surface area (Å²) in [5, 5.41) is 0. The van der Waals surface area contributed by atoms with E-state index >= 15 is 0 Å². The Hall–Kier alpha value is -0.360. The van der Waals surface area contributed by atoms with Gasteiger partial charge in [0.15, 0.2) is 0 Å². The Morgan fingerprint density at radius 3 is 1.84 bits per heavy atom. The molecular weight excluding hydrogens is 711 g/mol. The van der Waals surface area contributed by atoms with Crippen molar-refractivity contribution in [3.05, 3.63) is 0 Å². The number of hydrogen-bond acceptors (Lipinski definition) is 9. The molecule has 0 bridgehead atoms. The number of piperidine rings is 3. The van der Waals surface area contributed by atoms with Crippen molar-refractivity contribution in [3.63, 3.8) is 0 Å². The summed E-state index contributed by atoms with van der Waals surface area (Å²) in [6.07, 6.45) is 15.4. The topological polar surface area (TPSA) is 53.1 Å². The Bertz CT molecular complexity index is 1300. The average Bonchev–Trinajstić information content (AvgIpc) is 3.85. The van der Waals surface area contributed by atoms with Crippen molar-refractivity contribution in [1.82, 2.24) is 24.5 Å². The molecule has 5 heterocycles. The minimum absolute atomic E-state index is 0.0232. The maximum atomic E-state index is 6.82. The summed E-state index contributed by atoms with van der Waals surface area (Å²) in [5.74, 6) is 3.14. The lowest BCUT2D eigenvalue weighted by molar-refractivity contribution is -0.205. The number of likely N-dealkylation sites (tertiary alicyclic amines) is 4. The Kier molecular flexibility index (Phi) is 12.7. The van der Waals surface area contributed by atoms with Gasteiger partial charge in [0.05, 0.1) is 42.2 Å². The van der Waals surface area contributed by atoms with Crippen LogP contribution < -0.4 is 0 Å². The summed E-state index contributed by atoms with van der Waals surface area (Å²) in [4.78, 5) is 14.3. The van der Waals surface area contributed by atoms with Crippen LogP contribution in [0.25, 0.3) is 0 Å². The fourth-order valence-electron chi connectivity index (χ4n) is 13.2. The van der Waals surface area contributed by atoms with Gasteiger partial charge in [0.25, 0.3) is 0 Å². The molecule has 3 saturated carbocycles. The van der Waals surface area contributed by atoms with Gasteiger partial charge in [0.1, 0.15) is 5.60 Å². The molecule has 5 aliphatic heterocycles. The number of rotatable bonds is 12. The van der Waals surface area contributed by atoms with Crippen LogP contribution in [0.1, 0.15) is 140 Å². The molecule has 3 unspecified atom stereocenters. The van der Waals surface area contributed by atoms with Gasteiger partial charge < -0.3 is 23.8 Å². The quantitative estimate of drug-likeness (QED) is 0.205. The number of hydrogen-bond donors (Lipinski definition) is 0. The van der Waals surface area contributed by atoms with Crippen LogP contribution >= 0.6 is 0 Å². The van der Waals surface area contributed by atoms with Crippen molar-refractivity contribution in [2.45, 2.75) is 198 Å². The Balaban J connectivity index is 0.939. The fraction of sp³-hybridized carbons (Fsp3) is 1.00. The third-order valence-electron chi connectivity index (χ3n) is 16.1. The minimum Gasteiger partial charge on any atom is -0.375 e. The van der Waals surface area contributed by atoms with E-state index in [0.29, 0.717) is 36.0 Å². The molecule has 5 saturated heterocycles. The molecule has 8 fully saturated rings. The third-order valence-corrected chi connectivity index (χ3v) is 16.1. The first kappa shape index (κ1) is 43.3. The van der Waals surface area contributed by atoms with Crippen LogP contribution in [0.4, 0.5) is 0 Å². The molecule has 0 aromatic rings. The lowest BCUT2D eigenvalue weighted by Gasteiger charge is -2.59. The predicted molar refractivity (Wildman–Crippen MR) is 231 cm³/mol. The first-order chi connectivity index (χ1) is 26.9. The molecule has 0 amide bonds. The molecule has 3 atom stereocenters. The minimum atomic E-state index is -0.0631. The summed E-state index contributed by atoms with van der Waals surface area (Å²) >= 11 is 0. The van der Waals surface area contributed by atoms with Crippen molar-refractivity contribution >= 4 is 0 Å². The van der Waals surface area contributed by atoms with Crippen molar-refractivity contribution < 1.29 is 18.9 Å². The van der Waals surface area contributed by atoms with E-state index in [2.05, 4.69) is 93.7 Å². The Morgan fingerprint density at radius 2 is 1.26 bits per heavy atom. The van der Waals surface area contributed by atoms with Gasteiger partial charge in [-0.25, -0.2) is 0 Å². The van der Waals surface area contributed by atoms with Crippen LogP contribution in [0.5, 0.6) is 0 Å². The van der Waals surface area contributed by atoms with Crippen LogP contribution in [0, 0.1) is 23.7 Å². The van der Waals surface area contributed by atoms with E-state index in [1.54, 1.807) is 0 Å². The summed E-state index contributed by atoms with van der Waals surface area (Å²) in [5.41, 5.74) is 0.530. The summed E-state index contributed by atoms with van der Waals surface area (Å²) < 4.78 is 26.2. The van der Waals surface area contributed by atoms with E-state index in [9.17, 15) is 0 Å². The molecule has 0 N–H and O–H groups in total. The van der Waals surface area contributed by atoms with E-state index in [4.69, 9.17) is 18.9 Å². The van der Waals surface area contributed by atoms with Crippen LogP contribution in [0.2, 0.25) is 0 Å². The molecule has 9 nitrogen and oxygen atoms in total. The van der Waals surface area contributed by atoms with Crippen molar-refractivity contribution in [2.24, 2.45) is 23.7 Å². The summed E-state index contributed by atoms with van der Waals surface area (Å²) in [6.45, 7) is 38.0. The molecule has 0 aromatic carbocycles. The monoisotopic (exact) mass is 798 g/mol. The van der Waals surface area contributed by atoms with Crippen LogP contribution in [-0.2, 0) is 18.9 Å². The predicted octanol–water partition coefficient (Wildman–Crippen LogP) is 7.16. The normalized spacial score (nSPS) is 36.8. The van der Waals surface area contributed by atoms with E-state index in [-0.39, 0.29) is 22.3 Å². The average molecular weight is 798 g/mol.